The van der Waals surface area contributed by atoms with Gasteiger partial charge in [-0.1, -0.05) is 23.7 Å². The predicted octanol–water partition coefficient (Wildman–Crippen LogP) is 2.47. The lowest BCUT2D eigenvalue weighted by molar-refractivity contribution is 0.481. The number of benzene rings is 1. The van der Waals surface area contributed by atoms with Crippen LogP contribution in [-0.2, 0) is 9.84 Å². The van der Waals surface area contributed by atoms with Crippen molar-refractivity contribution in [1.82, 2.24) is 0 Å². The molecule has 1 heterocycles. The van der Waals surface area contributed by atoms with Gasteiger partial charge >= 0.3 is 0 Å². The van der Waals surface area contributed by atoms with Crippen LogP contribution in [0.5, 0.6) is 0 Å². The molecule has 0 aromatic heterocycles. The van der Waals surface area contributed by atoms with Crippen molar-refractivity contribution in [1.29, 1.82) is 0 Å². The predicted molar refractivity (Wildman–Crippen MR) is 74.5 cm³/mol. The molecule has 2 atom stereocenters. The lowest BCUT2D eigenvalue weighted by Gasteiger charge is -2.16. The summed E-state index contributed by atoms with van der Waals surface area (Å²) in [5.41, 5.74) is 8.13. The van der Waals surface area contributed by atoms with Gasteiger partial charge in [0.15, 0.2) is 9.84 Å². The van der Waals surface area contributed by atoms with Gasteiger partial charge in [0, 0.05) is 11.1 Å². The lowest BCUT2D eigenvalue weighted by atomic mass is 9.94. The first-order chi connectivity index (χ1) is 8.37. The van der Waals surface area contributed by atoms with Crippen LogP contribution < -0.4 is 5.73 Å². The van der Waals surface area contributed by atoms with Crippen LogP contribution in [0.25, 0.3) is 0 Å². The number of halogens is 1. The molecule has 0 aliphatic carbocycles. The Morgan fingerprint density at radius 1 is 1.50 bits per heavy atom. The van der Waals surface area contributed by atoms with Crippen molar-refractivity contribution < 1.29 is 8.42 Å². The second kappa shape index (κ2) is 5.19. The molecule has 2 rings (SSSR count). The molecule has 0 radical (unpaired) electrons. The maximum atomic E-state index is 11.4. The van der Waals surface area contributed by atoms with Gasteiger partial charge in [-0.25, -0.2) is 8.42 Å². The van der Waals surface area contributed by atoms with Crippen molar-refractivity contribution in [3.05, 3.63) is 34.3 Å². The van der Waals surface area contributed by atoms with E-state index in [2.05, 4.69) is 0 Å². The molecule has 1 aliphatic heterocycles. The van der Waals surface area contributed by atoms with Crippen LogP contribution in [0.3, 0.4) is 0 Å². The highest BCUT2D eigenvalue weighted by atomic mass is 35.5. The van der Waals surface area contributed by atoms with Gasteiger partial charge in [0.05, 0.1) is 11.5 Å². The van der Waals surface area contributed by atoms with Gasteiger partial charge in [0.1, 0.15) is 0 Å². The van der Waals surface area contributed by atoms with Gasteiger partial charge in [-0.2, -0.15) is 0 Å². The molecule has 1 saturated heterocycles. The zero-order valence-electron chi connectivity index (χ0n) is 10.4. The Morgan fingerprint density at radius 2 is 2.22 bits per heavy atom. The van der Waals surface area contributed by atoms with Crippen molar-refractivity contribution in [2.45, 2.75) is 25.8 Å². The maximum Gasteiger partial charge on any atom is 0.150 e. The molecule has 0 amide bonds. The molecule has 100 valence electrons. The molecular weight excluding hydrogens is 270 g/mol. The van der Waals surface area contributed by atoms with Gasteiger partial charge in [-0.3, -0.25) is 0 Å². The number of nitrogens with two attached hydrogens (primary N) is 1. The fraction of sp³-hybridized carbons (Fsp3) is 0.538. The van der Waals surface area contributed by atoms with E-state index in [1.165, 1.54) is 0 Å². The highest BCUT2D eigenvalue weighted by Gasteiger charge is 2.29. The monoisotopic (exact) mass is 287 g/mol. The maximum absolute atomic E-state index is 11.4. The third-order valence-electron chi connectivity index (χ3n) is 3.54. The normalized spacial score (nSPS) is 24.1. The highest BCUT2D eigenvalue weighted by Crippen LogP contribution is 2.29. The highest BCUT2D eigenvalue weighted by molar-refractivity contribution is 7.91. The Balaban J connectivity index is 2.04. The summed E-state index contributed by atoms with van der Waals surface area (Å²) in [7, 11) is -2.82. The van der Waals surface area contributed by atoms with Crippen LogP contribution >= 0.6 is 11.6 Å². The minimum absolute atomic E-state index is 0.138. The van der Waals surface area contributed by atoms with Crippen LogP contribution in [0, 0.1) is 12.8 Å². The molecule has 18 heavy (non-hydrogen) atoms. The van der Waals surface area contributed by atoms with E-state index in [4.69, 9.17) is 17.3 Å². The second-order valence-corrected chi connectivity index (χ2v) is 7.76. The topological polar surface area (TPSA) is 60.2 Å². The number of sulfone groups is 1. The van der Waals surface area contributed by atoms with Crippen molar-refractivity contribution in [3.63, 3.8) is 0 Å². The third-order valence-corrected chi connectivity index (χ3v) is 5.78. The summed E-state index contributed by atoms with van der Waals surface area (Å²) in [4.78, 5) is 0. The molecule has 2 unspecified atom stereocenters. The number of hydrogen-bond donors (Lipinski definition) is 1. The van der Waals surface area contributed by atoms with Gasteiger partial charge in [0.2, 0.25) is 0 Å². The number of aryl methyl sites for hydroxylation is 1. The molecule has 1 fully saturated rings. The first-order valence-corrected chi connectivity index (χ1v) is 8.29. The molecule has 1 aromatic rings. The summed E-state index contributed by atoms with van der Waals surface area (Å²) in [6.45, 7) is 1.95. The molecule has 0 spiro atoms. The van der Waals surface area contributed by atoms with E-state index in [1.807, 2.05) is 25.1 Å². The van der Waals surface area contributed by atoms with E-state index in [1.54, 1.807) is 0 Å². The van der Waals surface area contributed by atoms with E-state index >= 15 is 0 Å². The van der Waals surface area contributed by atoms with E-state index in [9.17, 15) is 8.42 Å². The second-order valence-electron chi connectivity index (χ2n) is 5.12. The Hall–Kier alpha value is -0.580. The fourth-order valence-electron chi connectivity index (χ4n) is 2.39. The minimum atomic E-state index is -2.82. The smallest absolute Gasteiger partial charge is 0.150 e. The molecule has 1 aliphatic rings. The Labute approximate surface area is 113 Å². The van der Waals surface area contributed by atoms with Gasteiger partial charge in [0.25, 0.3) is 0 Å². The molecule has 0 saturated carbocycles. The average Bonchev–Trinajstić information content (AvgIpc) is 2.62. The molecule has 2 N–H and O–H groups in total. The van der Waals surface area contributed by atoms with Gasteiger partial charge in [-0.05, 0) is 42.9 Å². The Morgan fingerprint density at radius 3 is 2.78 bits per heavy atom. The molecule has 5 heteroatoms. The van der Waals surface area contributed by atoms with Crippen LogP contribution in [0.4, 0.5) is 0 Å². The summed E-state index contributed by atoms with van der Waals surface area (Å²) in [5, 5.41) is 0.710. The molecule has 1 aromatic carbocycles. The first kappa shape index (κ1) is 13.8. The molecule has 0 bridgehead atoms. The van der Waals surface area contributed by atoms with Gasteiger partial charge in [-0.15, -0.1) is 0 Å². The van der Waals surface area contributed by atoms with Crippen LogP contribution in [0.1, 0.15) is 30.0 Å². The standard InChI is InChI=1S/C13H18ClNO2S/c1-9-2-3-11(7-12(9)14)13(15)6-10-4-5-18(16,17)8-10/h2-3,7,10,13H,4-6,8,15H2,1H3. The summed E-state index contributed by atoms with van der Waals surface area (Å²) in [5.74, 6) is 0.768. The average molecular weight is 288 g/mol. The third kappa shape index (κ3) is 3.25. The minimum Gasteiger partial charge on any atom is -0.324 e. The van der Waals surface area contributed by atoms with Crippen LogP contribution in [0.15, 0.2) is 18.2 Å². The van der Waals surface area contributed by atoms with Crippen LogP contribution in [0.2, 0.25) is 5.02 Å². The van der Waals surface area contributed by atoms with Crippen LogP contribution in [-0.4, -0.2) is 19.9 Å². The number of rotatable bonds is 3. The Kier molecular flexibility index (Phi) is 3.99. The van der Waals surface area contributed by atoms with Crippen molar-refractivity contribution >= 4 is 21.4 Å². The molecular formula is C13H18ClNO2S. The SMILES string of the molecule is Cc1ccc(C(N)CC2CCS(=O)(=O)C2)cc1Cl. The van der Waals surface area contributed by atoms with Crippen molar-refractivity contribution in [2.24, 2.45) is 11.7 Å². The summed E-state index contributed by atoms with van der Waals surface area (Å²) in [6, 6.07) is 5.66. The zero-order chi connectivity index (χ0) is 13.3. The van der Waals surface area contributed by atoms with E-state index in [-0.39, 0.29) is 17.7 Å². The summed E-state index contributed by atoms with van der Waals surface area (Å²) >= 11 is 6.07. The van der Waals surface area contributed by atoms with Crippen molar-refractivity contribution in [3.8, 4) is 0 Å². The lowest BCUT2D eigenvalue weighted by Crippen LogP contribution is -2.16. The largest absolute Gasteiger partial charge is 0.324 e. The fourth-order valence-corrected chi connectivity index (χ4v) is 4.46. The van der Waals surface area contributed by atoms with E-state index < -0.39 is 9.84 Å². The molecule has 3 nitrogen and oxygen atoms in total. The summed E-state index contributed by atoms with van der Waals surface area (Å²) in [6.07, 6.45) is 1.44. The number of hydrogen-bond acceptors (Lipinski definition) is 3. The quantitative estimate of drug-likeness (QED) is 0.929. The zero-order valence-corrected chi connectivity index (χ0v) is 12.0. The summed E-state index contributed by atoms with van der Waals surface area (Å²) < 4.78 is 22.8. The first-order valence-electron chi connectivity index (χ1n) is 6.09. The van der Waals surface area contributed by atoms with E-state index in [0.29, 0.717) is 17.2 Å². The van der Waals surface area contributed by atoms with Crippen molar-refractivity contribution in [2.75, 3.05) is 11.5 Å². The Bertz CT molecular complexity index is 542. The van der Waals surface area contributed by atoms with E-state index in [0.717, 1.165) is 17.5 Å². The van der Waals surface area contributed by atoms with Gasteiger partial charge < -0.3 is 5.73 Å².